The molecule has 0 spiro atoms. The van der Waals surface area contributed by atoms with Crippen molar-refractivity contribution in [2.75, 3.05) is 66.1 Å². The van der Waals surface area contributed by atoms with Crippen molar-refractivity contribution in [2.24, 2.45) is 0 Å². The number of carbonyl (C=O) groups excluding carboxylic acids is 1. The van der Waals surface area contributed by atoms with Gasteiger partial charge in [-0.15, -0.1) is 0 Å². The molecule has 0 unspecified atom stereocenters. The molecule has 2 saturated heterocycles. The molecule has 0 aliphatic carbocycles. The number of pyridine rings is 1. The van der Waals surface area contributed by atoms with E-state index in [0.717, 1.165) is 82.0 Å². The van der Waals surface area contributed by atoms with Crippen LogP contribution in [0.4, 0.5) is 0 Å². The van der Waals surface area contributed by atoms with E-state index < -0.39 is 0 Å². The minimum absolute atomic E-state index is 0.275. The predicted octanol–water partition coefficient (Wildman–Crippen LogP) is 4.28. The molecule has 9 nitrogen and oxygen atoms in total. The highest BCUT2D eigenvalue weighted by Gasteiger charge is 2.27. The van der Waals surface area contributed by atoms with Gasteiger partial charge in [0.15, 0.2) is 5.65 Å². The van der Waals surface area contributed by atoms with Crippen LogP contribution in [0.25, 0.3) is 27.8 Å². The van der Waals surface area contributed by atoms with Crippen molar-refractivity contribution in [1.82, 2.24) is 34.3 Å². The molecule has 3 aromatic heterocycles. The standard InChI is InChI=1S/C32H43N7O2/c1-22(2)30-27-18-25(5-6-28(27)35-31(30)26-17-23(3)32-33-21-34-39(32)19-26)24-7-9-37(10-8-24)20-29(40)38-13-11-36(12-14-38)15-16-41-4/h5-6,17-19,21-22,24,35H,7-16,20H2,1-4H3. The van der Waals surface area contributed by atoms with Crippen molar-refractivity contribution in [2.45, 2.75) is 45.4 Å². The Hall–Kier alpha value is -3.27. The quantitative estimate of drug-likeness (QED) is 0.348. The number of nitrogens with zero attached hydrogens (tertiary/aromatic N) is 6. The van der Waals surface area contributed by atoms with Crippen molar-refractivity contribution < 1.29 is 9.53 Å². The van der Waals surface area contributed by atoms with Gasteiger partial charge in [0.25, 0.3) is 0 Å². The van der Waals surface area contributed by atoms with Gasteiger partial charge < -0.3 is 14.6 Å². The van der Waals surface area contributed by atoms with Crippen molar-refractivity contribution in [3.05, 3.63) is 53.5 Å². The van der Waals surface area contributed by atoms with Crippen molar-refractivity contribution in [1.29, 1.82) is 0 Å². The van der Waals surface area contributed by atoms with Crippen LogP contribution in [0.3, 0.4) is 0 Å². The number of nitrogens with one attached hydrogen (secondary N) is 1. The van der Waals surface area contributed by atoms with Crippen LogP contribution in [0.1, 0.15) is 55.2 Å². The predicted molar refractivity (Wildman–Crippen MR) is 162 cm³/mol. The lowest BCUT2D eigenvalue weighted by atomic mass is 9.87. The second-order valence-corrected chi connectivity index (χ2v) is 12.1. The molecule has 1 aromatic carbocycles. The number of aromatic amines is 1. The smallest absolute Gasteiger partial charge is 0.236 e. The molecule has 0 saturated carbocycles. The van der Waals surface area contributed by atoms with Gasteiger partial charge in [-0.1, -0.05) is 19.9 Å². The zero-order valence-corrected chi connectivity index (χ0v) is 24.9. The first-order valence-electron chi connectivity index (χ1n) is 15.1. The molecule has 2 aliphatic rings. The highest BCUT2D eigenvalue weighted by molar-refractivity contribution is 5.92. The molecule has 1 amide bonds. The number of piperazine rings is 1. The Morgan fingerprint density at radius 1 is 1.07 bits per heavy atom. The molecule has 41 heavy (non-hydrogen) atoms. The van der Waals surface area contributed by atoms with Gasteiger partial charge in [0, 0.05) is 62.5 Å². The van der Waals surface area contributed by atoms with Gasteiger partial charge in [0.1, 0.15) is 6.33 Å². The van der Waals surface area contributed by atoms with Crippen LogP contribution >= 0.6 is 0 Å². The number of hydrogen-bond acceptors (Lipinski definition) is 6. The van der Waals surface area contributed by atoms with Crippen LogP contribution in [-0.2, 0) is 9.53 Å². The molecule has 6 rings (SSSR count). The Labute approximate surface area is 242 Å². The Morgan fingerprint density at radius 2 is 1.85 bits per heavy atom. The fraction of sp³-hybridized carbons (Fsp3) is 0.531. The van der Waals surface area contributed by atoms with Crippen LogP contribution in [0, 0.1) is 6.92 Å². The van der Waals surface area contributed by atoms with Crippen LogP contribution < -0.4 is 0 Å². The highest BCUT2D eigenvalue weighted by atomic mass is 16.5. The summed E-state index contributed by atoms with van der Waals surface area (Å²) in [5.41, 5.74) is 8.25. The molecule has 9 heteroatoms. The molecular weight excluding hydrogens is 514 g/mol. The Kier molecular flexibility index (Phi) is 8.10. The van der Waals surface area contributed by atoms with Gasteiger partial charge in [0.05, 0.1) is 18.8 Å². The van der Waals surface area contributed by atoms with E-state index in [1.807, 2.05) is 9.42 Å². The fourth-order valence-corrected chi connectivity index (χ4v) is 6.70. The number of amides is 1. The molecule has 1 N–H and O–H groups in total. The largest absolute Gasteiger partial charge is 0.383 e. The van der Waals surface area contributed by atoms with Crippen LogP contribution in [0.15, 0.2) is 36.8 Å². The summed E-state index contributed by atoms with van der Waals surface area (Å²) in [5.74, 6) is 1.16. The van der Waals surface area contributed by atoms with Crippen molar-refractivity contribution in [3.63, 3.8) is 0 Å². The summed E-state index contributed by atoms with van der Waals surface area (Å²) in [5, 5.41) is 5.70. The minimum Gasteiger partial charge on any atom is -0.383 e. The SMILES string of the molecule is COCCN1CCN(C(=O)CN2CCC(c3ccc4[nH]c(-c5cc(C)c6ncnn6c5)c(C(C)C)c4c3)CC2)CC1. The summed E-state index contributed by atoms with van der Waals surface area (Å²) in [7, 11) is 1.74. The fourth-order valence-electron chi connectivity index (χ4n) is 6.70. The van der Waals surface area contributed by atoms with Crippen molar-refractivity contribution >= 4 is 22.5 Å². The van der Waals surface area contributed by atoms with E-state index >= 15 is 0 Å². The lowest BCUT2D eigenvalue weighted by Gasteiger charge is -2.37. The summed E-state index contributed by atoms with van der Waals surface area (Å²) in [4.78, 5) is 27.9. The van der Waals surface area contributed by atoms with E-state index in [2.05, 4.69) is 76.1 Å². The van der Waals surface area contributed by atoms with Gasteiger partial charge in [-0.2, -0.15) is 5.10 Å². The molecule has 2 aliphatic heterocycles. The van der Waals surface area contributed by atoms with Crippen LogP contribution in [-0.4, -0.2) is 106 Å². The first-order valence-corrected chi connectivity index (χ1v) is 15.1. The van der Waals surface area contributed by atoms with Crippen LogP contribution in [0.2, 0.25) is 0 Å². The van der Waals surface area contributed by atoms with E-state index in [1.54, 1.807) is 13.4 Å². The number of benzene rings is 1. The van der Waals surface area contributed by atoms with E-state index in [9.17, 15) is 4.79 Å². The zero-order chi connectivity index (χ0) is 28.5. The molecule has 4 aromatic rings. The Bertz CT molecular complexity index is 1510. The number of rotatable bonds is 8. The summed E-state index contributed by atoms with van der Waals surface area (Å²) in [6.07, 6.45) is 5.85. The Morgan fingerprint density at radius 3 is 2.59 bits per heavy atom. The summed E-state index contributed by atoms with van der Waals surface area (Å²) in [6.45, 7) is 14.3. The number of likely N-dealkylation sites (tertiary alicyclic amines) is 1. The number of hydrogen-bond donors (Lipinski definition) is 1. The summed E-state index contributed by atoms with van der Waals surface area (Å²) in [6, 6.07) is 9.18. The molecule has 0 bridgehead atoms. The van der Waals surface area contributed by atoms with Gasteiger partial charge >= 0.3 is 0 Å². The van der Waals surface area contributed by atoms with Gasteiger partial charge in [-0.05, 0) is 79.6 Å². The number of ether oxygens (including phenoxy) is 1. The van der Waals surface area contributed by atoms with Crippen LogP contribution in [0.5, 0.6) is 0 Å². The topological polar surface area (TPSA) is 82.0 Å². The summed E-state index contributed by atoms with van der Waals surface area (Å²) >= 11 is 0. The highest BCUT2D eigenvalue weighted by Crippen LogP contribution is 2.38. The first-order chi connectivity index (χ1) is 19.9. The number of aromatic nitrogens is 4. The maximum absolute atomic E-state index is 13.0. The van der Waals surface area contributed by atoms with Crippen molar-refractivity contribution in [3.8, 4) is 11.3 Å². The number of aryl methyl sites for hydroxylation is 1. The lowest BCUT2D eigenvalue weighted by Crippen LogP contribution is -2.52. The van der Waals surface area contributed by atoms with Gasteiger partial charge in [-0.25, -0.2) is 9.50 Å². The average Bonchev–Trinajstić information content (AvgIpc) is 3.62. The molecule has 218 valence electrons. The van der Waals surface area contributed by atoms with E-state index in [4.69, 9.17) is 4.74 Å². The number of methoxy groups -OCH3 is 1. The monoisotopic (exact) mass is 557 g/mol. The third kappa shape index (κ3) is 5.76. The third-order valence-electron chi connectivity index (χ3n) is 9.04. The minimum atomic E-state index is 0.275. The second kappa shape index (κ2) is 11.9. The van der Waals surface area contributed by atoms with E-state index in [0.29, 0.717) is 18.4 Å². The zero-order valence-electron chi connectivity index (χ0n) is 24.9. The molecule has 0 radical (unpaired) electrons. The number of fused-ring (bicyclic) bond motifs is 2. The number of H-pyrrole nitrogens is 1. The first kappa shape index (κ1) is 27.9. The maximum Gasteiger partial charge on any atom is 0.236 e. The third-order valence-corrected chi connectivity index (χ3v) is 9.04. The molecular formula is C32H43N7O2. The average molecular weight is 558 g/mol. The number of carbonyl (C=O) groups is 1. The van der Waals surface area contributed by atoms with E-state index in [-0.39, 0.29) is 5.91 Å². The molecule has 0 atom stereocenters. The lowest BCUT2D eigenvalue weighted by molar-refractivity contribution is -0.134. The molecule has 2 fully saturated rings. The second-order valence-electron chi connectivity index (χ2n) is 12.1. The van der Waals surface area contributed by atoms with E-state index in [1.165, 1.54) is 27.7 Å². The normalized spacial score (nSPS) is 17.8. The van der Waals surface area contributed by atoms with Gasteiger partial charge in [-0.3, -0.25) is 14.6 Å². The maximum atomic E-state index is 13.0. The summed E-state index contributed by atoms with van der Waals surface area (Å²) < 4.78 is 7.06. The molecule has 5 heterocycles. The Balaban J connectivity index is 1.13. The number of piperidine rings is 1. The van der Waals surface area contributed by atoms with Gasteiger partial charge in [0.2, 0.25) is 5.91 Å².